The molecule has 3 rings (SSSR count). The van der Waals surface area contributed by atoms with Crippen molar-refractivity contribution in [3.05, 3.63) is 70.3 Å². The van der Waals surface area contributed by atoms with E-state index in [2.05, 4.69) is 105 Å². The molecule has 0 aliphatic rings. The number of rotatable bonds is 25. The molecule has 262 valence electrons. The molecule has 0 radical (unpaired) electrons. The third-order valence-electron chi connectivity index (χ3n) is 7.98. The fraction of sp³-hybridized carbons (Fsp3) is 0.571. The second kappa shape index (κ2) is 27.5. The fourth-order valence-corrected chi connectivity index (χ4v) is 5.57. The number of halogens is 1. The molecule has 0 atom stereocenters. The maximum Gasteiger partial charge on any atom is 0.162 e. The van der Waals surface area contributed by atoms with E-state index in [-0.39, 0.29) is 0 Å². The van der Waals surface area contributed by atoms with Gasteiger partial charge in [0.05, 0.1) is 26.4 Å². The fourth-order valence-electron chi connectivity index (χ4n) is 5.11. The maximum absolute atomic E-state index is 6.10. The van der Waals surface area contributed by atoms with Crippen molar-refractivity contribution in [1.29, 1.82) is 0 Å². The molecule has 0 heterocycles. The predicted octanol–water partition coefficient (Wildman–Crippen LogP) is 13.5. The zero-order chi connectivity index (χ0) is 33.8. The Labute approximate surface area is 301 Å². The second-order valence-electron chi connectivity index (χ2n) is 12.3. The van der Waals surface area contributed by atoms with Gasteiger partial charge in [-0.05, 0) is 89.7 Å². The Hall–Kier alpha value is -2.41. The van der Waals surface area contributed by atoms with Crippen LogP contribution in [0.15, 0.2) is 66.7 Å². The first-order valence-electron chi connectivity index (χ1n) is 18.6. The lowest BCUT2D eigenvalue weighted by Gasteiger charge is -2.14. The summed E-state index contributed by atoms with van der Waals surface area (Å²) in [4.78, 5) is 0. The summed E-state index contributed by atoms with van der Waals surface area (Å²) in [7, 11) is 0. The average Bonchev–Trinajstić information content (AvgIpc) is 3.10. The first-order valence-corrected chi connectivity index (χ1v) is 19.7. The lowest BCUT2D eigenvalue weighted by Crippen LogP contribution is -2.03. The molecule has 4 nitrogen and oxygen atoms in total. The summed E-state index contributed by atoms with van der Waals surface area (Å²) in [5, 5.41) is 0. The van der Waals surface area contributed by atoms with Gasteiger partial charge >= 0.3 is 0 Å². The highest BCUT2D eigenvalue weighted by Crippen LogP contribution is 2.33. The molecule has 5 heteroatoms. The summed E-state index contributed by atoms with van der Waals surface area (Å²) in [5.41, 5.74) is 2.38. The second-order valence-corrected chi connectivity index (χ2v) is 13.5. The van der Waals surface area contributed by atoms with Crippen molar-refractivity contribution in [3.63, 3.8) is 0 Å². The van der Waals surface area contributed by atoms with Gasteiger partial charge in [-0.3, -0.25) is 0 Å². The van der Waals surface area contributed by atoms with Gasteiger partial charge in [0.2, 0.25) is 0 Å². The van der Waals surface area contributed by atoms with Gasteiger partial charge in [-0.25, -0.2) is 0 Å². The Morgan fingerprint density at radius 2 is 0.787 bits per heavy atom. The van der Waals surface area contributed by atoms with Crippen LogP contribution in [0.1, 0.15) is 130 Å². The molecule has 0 bridgehead atoms. The Balaban J connectivity index is 0.000000335. The molecule has 47 heavy (non-hydrogen) atoms. The van der Waals surface area contributed by atoms with Crippen molar-refractivity contribution in [3.8, 4) is 34.1 Å². The minimum Gasteiger partial charge on any atom is -0.490 e. The van der Waals surface area contributed by atoms with Gasteiger partial charge in [-0.15, -0.1) is 0 Å². The van der Waals surface area contributed by atoms with Crippen LogP contribution in [-0.2, 0) is 0 Å². The lowest BCUT2D eigenvalue weighted by atomic mass is 10.1. The van der Waals surface area contributed by atoms with Crippen molar-refractivity contribution in [2.75, 3.05) is 26.4 Å². The minimum atomic E-state index is 0.754. The Morgan fingerprint density at radius 1 is 0.383 bits per heavy atom. The van der Waals surface area contributed by atoms with E-state index in [1.807, 2.05) is 12.1 Å². The van der Waals surface area contributed by atoms with E-state index < -0.39 is 0 Å². The van der Waals surface area contributed by atoms with Gasteiger partial charge in [-0.2, -0.15) is 0 Å². The highest BCUT2D eigenvalue weighted by molar-refractivity contribution is 14.1. The largest absolute Gasteiger partial charge is 0.490 e. The van der Waals surface area contributed by atoms with E-state index in [1.54, 1.807) is 0 Å². The van der Waals surface area contributed by atoms with Gasteiger partial charge in [0.1, 0.15) is 0 Å². The summed E-state index contributed by atoms with van der Waals surface area (Å²) in [6, 6.07) is 22.9. The molecule has 0 spiro atoms. The lowest BCUT2D eigenvalue weighted by molar-refractivity contribution is 0.258. The first kappa shape index (κ1) is 40.8. The van der Waals surface area contributed by atoms with E-state index in [1.165, 1.54) is 91.7 Å². The van der Waals surface area contributed by atoms with Crippen LogP contribution in [0.2, 0.25) is 0 Å². The summed E-state index contributed by atoms with van der Waals surface area (Å²) < 4.78 is 25.1. The van der Waals surface area contributed by atoms with Crippen molar-refractivity contribution >= 4 is 22.6 Å². The normalized spacial score (nSPS) is 10.7. The van der Waals surface area contributed by atoms with Gasteiger partial charge in [0.25, 0.3) is 0 Å². The molecule has 0 amide bonds. The van der Waals surface area contributed by atoms with Crippen LogP contribution in [-0.4, -0.2) is 26.4 Å². The molecular weight excluding hydrogens is 695 g/mol. The van der Waals surface area contributed by atoms with Crippen LogP contribution in [0, 0.1) is 3.57 Å². The first-order chi connectivity index (χ1) is 23.1. The van der Waals surface area contributed by atoms with Crippen molar-refractivity contribution in [1.82, 2.24) is 0 Å². The molecule has 0 aromatic heterocycles. The highest BCUT2D eigenvalue weighted by atomic mass is 127. The summed E-state index contributed by atoms with van der Waals surface area (Å²) in [6.45, 7) is 12.0. The summed E-state index contributed by atoms with van der Waals surface area (Å²) in [6.07, 6.45) is 19.5. The molecule has 0 saturated carbocycles. The molecule has 0 aliphatic heterocycles. The van der Waals surface area contributed by atoms with Crippen LogP contribution in [0.4, 0.5) is 0 Å². The van der Waals surface area contributed by atoms with E-state index >= 15 is 0 Å². The highest BCUT2D eigenvalue weighted by Gasteiger charge is 2.09. The molecule has 3 aromatic carbocycles. The number of benzene rings is 3. The molecule has 0 fully saturated rings. The quantitative estimate of drug-likeness (QED) is 0.0637. The average molecular weight is 759 g/mol. The van der Waals surface area contributed by atoms with Crippen LogP contribution in [0.25, 0.3) is 11.1 Å². The number of unbranched alkanes of at least 4 members (excludes halogenated alkanes) is 12. The van der Waals surface area contributed by atoms with E-state index in [0.29, 0.717) is 0 Å². The Bertz CT molecular complexity index is 1170. The van der Waals surface area contributed by atoms with Crippen molar-refractivity contribution in [2.24, 2.45) is 0 Å². The van der Waals surface area contributed by atoms with E-state index in [9.17, 15) is 0 Å². The SMILES string of the molecule is CCCCCCOc1ccc(-c2ccccc2)cc1OCCCCCC.CCCCCCOc1ccc(I)cc1OCCCCCC. The molecule has 3 aromatic rings. The Morgan fingerprint density at radius 3 is 1.23 bits per heavy atom. The summed E-state index contributed by atoms with van der Waals surface area (Å²) in [5.74, 6) is 3.53. The third kappa shape index (κ3) is 18.6. The van der Waals surface area contributed by atoms with Gasteiger partial charge < -0.3 is 18.9 Å². The van der Waals surface area contributed by atoms with Gasteiger partial charge in [0, 0.05) is 3.57 Å². The summed E-state index contributed by atoms with van der Waals surface area (Å²) >= 11 is 2.32. The number of hydrogen-bond donors (Lipinski definition) is 0. The van der Waals surface area contributed by atoms with Crippen molar-refractivity contribution in [2.45, 2.75) is 130 Å². The van der Waals surface area contributed by atoms with E-state index in [4.69, 9.17) is 18.9 Å². The van der Waals surface area contributed by atoms with Crippen LogP contribution < -0.4 is 18.9 Å². The van der Waals surface area contributed by atoms with Crippen LogP contribution >= 0.6 is 22.6 Å². The molecule has 0 aliphatic carbocycles. The molecular formula is C42H63IO4. The molecule has 0 N–H and O–H groups in total. The third-order valence-corrected chi connectivity index (χ3v) is 8.65. The minimum absolute atomic E-state index is 0.754. The monoisotopic (exact) mass is 758 g/mol. The number of hydrogen-bond acceptors (Lipinski definition) is 4. The predicted molar refractivity (Wildman–Crippen MR) is 210 cm³/mol. The van der Waals surface area contributed by atoms with Gasteiger partial charge in [0.15, 0.2) is 23.0 Å². The number of ether oxygens (including phenoxy) is 4. The standard InChI is InChI=1S/C24H34O2.C18H29IO2/c1-3-5-7-12-18-25-23-17-16-22(21-14-10-9-11-15-21)20-24(23)26-19-13-8-6-4-2;1-3-5-7-9-13-20-17-12-11-16(19)15-18(17)21-14-10-8-6-4-2/h9-11,14-17,20H,3-8,12-13,18-19H2,1-2H3;11-12,15H,3-10,13-14H2,1-2H3. The Kier molecular flexibility index (Phi) is 23.9. The van der Waals surface area contributed by atoms with Crippen molar-refractivity contribution < 1.29 is 18.9 Å². The van der Waals surface area contributed by atoms with E-state index in [0.717, 1.165) is 75.1 Å². The zero-order valence-corrected chi connectivity index (χ0v) is 32.2. The molecule has 0 unspecified atom stereocenters. The van der Waals surface area contributed by atoms with Crippen LogP contribution in [0.3, 0.4) is 0 Å². The molecule has 0 saturated heterocycles. The smallest absolute Gasteiger partial charge is 0.162 e. The zero-order valence-electron chi connectivity index (χ0n) is 30.0. The van der Waals surface area contributed by atoms with Crippen LogP contribution in [0.5, 0.6) is 23.0 Å². The van der Waals surface area contributed by atoms with Gasteiger partial charge in [-0.1, -0.05) is 141 Å². The topological polar surface area (TPSA) is 36.9 Å². The maximum atomic E-state index is 6.10.